The molecule has 4 nitrogen and oxygen atoms in total. The maximum absolute atomic E-state index is 14.6. The van der Waals surface area contributed by atoms with Crippen molar-refractivity contribution < 1.29 is 26.7 Å². The molecule has 0 amide bonds. The van der Waals surface area contributed by atoms with Crippen LogP contribution in [0.25, 0.3) is 0 Å². The van der Waals surface area contributed by atoms with Crippen LogP contribution < -0.4 is 0 Å². The Bertz CT molecular complexity index is 1040. The van der Waals surface area contributed by atoms with Gasteiger partial charge in [-0.3, -0.25) is 0 Å². The third kappa shape index (κ3) is 7.08. The van der Waals surface area contributed by atoms with Gasteiger partial charge in [-0.15, -0.1) is 0 Å². The minimum absolute atomic E-state index is 0.0686. The van der Waals surface area contributed by atoms with E-state index in [9.17, 15) is 22.3 Å². The Morgan fingerprint density at radius 2 is 1.67 bits per heavy atom. The second-order valence-corrected chi connectivity index (χ2v) is 17.1. The maximum Gasteiger partial charge on any atom is 0.191 e. The monoisotopic (exact) mass is 518 g/mol. The lowest BCUT2D eigenvalue weighted by atomic mass is 10.0. The van der Waals surface area contributed by atoms with Crippen molar-refractivity contribution in [3.05, 3.63) is 64.7 Å². The van der Waals surface area contributed by atoms with Crippen LogP contribution in [0.15, 0.2) is 47.4 Å². The van der Waals surface area contributed by atoms with Crippen LogP contribution in [0.2, 0.25) is 23.2 Å². The SMILES string of the molecule is CC(C)(C)[Si](C)(C)OCCCCC(O)C(c1cc(F)ccc1F)S(=O)(=O)c1ccc(Cl)cc1. The first-order chi connectivity index (χ1) is 15.2. The summed E-state index contributed by atoms with van der Waals surface area (Å²) in [6, 6.07) is 8.00. The van der Waals surface area contributed by atoms with Crippen molar-refractivity contribution in [2.75, 3.05) is 6.61 Å². The van der Waals surface area contributed by atoms with E-state index in [4.69, 9.17) is 16.0 Å². The Hall–Kier alpha value is -1.32. The molecule has 0 spiro atoms. The Labute approximate surface area is 202 Å². The third-order valence-electron chi connectivity index (χ3n) is 6.25. The number of aliphatic hydroxyl groups is 1. The zero-order valence-electron chi connectivity index (χ0n) is 19.7. The van der Waals surface area contributed by atoms with E-state index in [1.165, 1.54) is 24.3 Å². The van der Waals surface area contributed by atoms with E-state index in [1.54, 1.807) is 0 Å². The number of sulfone groups is 1. The highest BCUT2D eigenvalue weighted by Gasteiger charge is 2.38. The molecule has 0 saturated carbocycles. The largest absolute Gasteiger partial charge is 0.417 e. The van der Waals surface area contributed by atoms with E-state index < -0.39 is 46.7 Å². The van der Waals surface area contributed by atoms with Gasteiger partial charge in [0.25, 0.3) is 0 Å². The first kappa shape index (κ1) is 27.9. The molecule has 33 heavy (non-hydrogen) atoms. The van der Waals surface area contributed by atoms with E-state index in [0.717, 1.165) is 18.2 Å². The molecule has 2 atom stereocenters. The fraction of sp³-hybridized carbons (Fsp3) is 0.500. The summed E-state index contributed by atoms with van der Waals surface area (Å²) in [5.41, 5.74) is -0.394. The summed E-state index contributed by atoms with van der Waals surface area (Å²) in [6.07, 6.45) is -0.258. The molecule has 0 saturated heterocycles. The Kier molecular flexibility index (Phi) is 9.26. The van der Waals surface area contributed by atoms with Crippen molar-refractivity contribution >= 4 is 29.8 Å². The summed E-state index contributed by atoms with van der Waals surface area (Å²) in [4.78, 5) is -0.124. The molecule has 2 rings (SSSR count). The average molecular weight is 519 g/mol. The summed E-state index contributed by atoms with van der Waals surface area (Å²) in [5.74, 6) is -1.67. The lowest BCUT2D eigenvalue weighted by Gasteiger charge is -2.36. The predicted molar refractivity (Wildman–Crippen MR) is 131 cm³/mol. The molecule has 2 aromatic rings. The predicted octanol–water partition coefficient (Wildman–Crippen LogP) is 6.69. The van der Waals surface area contributed by atoms with Crippen LogP contribution in [0.1, 0.15) is 50.8 Å². The van der Waals surface area contributed by atoms with Crippen molar-refractivity contribution in [2.24, 2.45) is 0 Å². The van der Waals surface area contributed by atoms with E-state index in [2.05, 4.69) is 33.9 Å². The van der Waals surface area contributed by atoms with Crippen molar-refractivity contribution in [1.29, 1.82) is 0 Å². The molecule has 0 bridgehead atoms. The minimum atomic E-state index is -4.23. The molecule has 0 aromatic heterocycles. The lowest BCUT2D eigenvalue weighted by molar-refractivity contribution is 0.150. The van der Waals surface area contributed by atoms with E-state index >= 15 is 0 Å². The lowest BCUT2D eigenvalue weighted by Crippen LogP contribution is -2.41. The second kappa shape index (κ2) is 10.9. The molecule has 9 heteroatoms. The Morgan fingerprint density at radius 3 is 2.24 bits per heavy atom. The zero-order valence-corrected chi connectivity index (χ0v) is 22.3. The van der Waals surface area contributed by atoms with Gasteiger partial charge in [0, 0.05) is 17.2 Å². The summed E-state index contributed by atoms with van der Waals surface area (Å²) in [6.45, 7) is 11.2. The Balaban J connectivity index is 2.22. The Morgan fingerprint density at radius 1 is 1.06 bits per heavy atom. The van der Waals surface area contributed by atoms with Gasteiger partial charge in [0.15, 0.2) is 18.2 Å². The van der Waals surface area contributed by atoms with Gasteiger partial charge in [-0.25, -0.2) is 17.2 Å². The number of hydrogen-bond donors (Lipinski definition) is 1. The van der Waals surface area contributed by atoms with Gasteiger partial charge in [0.05, 0.1) is 11.0 Å². The third-order valence-corrected chi connectivity index (χ3v) is 13.2. The van der Waals surface area contributed by atoms with E-state index in [0.29, 0.717) is 24.5 Å². The van der Waals surface area contributed by atoms with Gasteiger partial charge in [0.2, 0.25) is 0 Å². The molecule has 1 N–H and O–H groups in total. The van der Waals surface area contributed by atoms with Crippen molar-refractivity contribution in [1.82, 2.24) is 0 Å². The molecular weight excluding hydrogens is 486 g/mol. The van der Waals surface area contributed by atoms with E-state index in [1.807, 2.05) is 0 Å². The van der Waals surface area contributed by atoms with Gasteiger partial charge in [-0.2, -0.15) is 0 Å². The number of benzene rings is 2. The standard InChI is InChI=1S/C24H33ClF2O4SSi/c1-24(2,3)33(4,5)31-15-7-6-8-22(28)23(20-16-18(26)11-14-21(20)27)32(29,30)19-12-9-17(25)10-13-19/h9-14,16,22-23,28H,6-8,15H2,1-5H3. The molecular formula is C24H33ClF2O4SSi. The number of halogens is 3. The summed E-state index contributed by atoms with van der Waals surface area (Å²) < 4.78 is 61.4. The van der Waals surface area contributed by atoms with Crippen LogP contribution in [-0.4, -0.2) is 34.6 Å². The van der Waals surface area contributed by atoms with Gasteiger partial charge in [-0.05, 0) is 79.9 Å². The van der Waals surface area contributed by atoms with Crippen LogP contribution in [0.3, 0.4) is 0 Å². The zero-order chi connectivity index (χ0) is 25.0. The quantitative estimate of drug-likeness (QED) is 0.281. The molecule has 184 valence electrons. The number of unbranched alkanes of at least 4 members (excludes halogenated alkanes) is 1. The minimum Gasteiger partial charge on any atom is -0.417 e. The first-order valence-electron chi connectivity index (χ1n) is 10.9. The molecule has 0 aliphatic carbocycles. The van der Waals surface area contributed by atoms with Gasteiger partial charge in [-0.1, -0.05) is 32.4 Å². The highest BCUT2D eigenvalue weighted by Crippen LogP contribution is 2.38. The highest BCUT2D eigenvalue weighted by molar-refractivity contribution is 7.91. The molecule has 0 heterocycles. The van der Waals surface area contributed by atoms with Crippen LogP contribution >= 0.6 is 11.6 Å². The molecule has 2 aromatic carbocycles. The molecule has 0 radical (unpaired) electrons. The van der Waals surface area contributed by atoms with Crippen LogP contribution in [-0.2, 0) is 14.3 Å². The second-order valence-electron chi connectivity index (χ2n) is 9.76. The van der Waals surface area contributed by atoms with Gasteiger partial charge in [0.1, 0.15) is 16.9 Å². The van der Waals surface area contributed by atoms with Crippen molar-refractivity contribution in [2.45, 2.75) is 74.4 Å². The number of rotatable bonds is 10. The molecule has 0 fully saturated rings. The average Bonchev–Trinajstić information content (AvgIpc) is 2.69. The number of hydrogen-bond acceptors (Lipinski definition) is 4. The smallest absolute Gasteiger partial charge is 0.191 e. The summed E-state index contributed by atoms with van der Waals surface area (Å²) >= 11 is 5.86. The van der Waals surface area contributed by atoms with Crippen molar-refractivity contribution in [3.63, 3.8) is 0 Å². The van der Waals surface area contributed by atoms with Crippen LogP contribution in [0, 0.1) is 11.6 Å². The van der Waals surface area contributed by atoms with Crippen molar-refractivity contribution in [3.8, 4) is 0 Å². The first-order valence-corrected chi connectivity index (χ1v) is 15.8. The summed E-state index contributed by atoms with van der Waals surface area (Å²) in [5, 5.41) is 9.64. The topological polar surface area (TPSA) is 63.6 Å². The van der Waals surface area contributed by atoms with Gasteiger partial charge >= 0.3 is 0 Å². The molecule has 2 unspecified atom stereocenters. The highest BCUT2D eigenvalue weighted by atomic mass is 35.5. The molecule has 0 aliphatic heterocycles. The number of aliphatic hydroxyl groups excluding tert-OH is 1. The normalized spacial score (nSPS) is 14.8. The molecule has 0 aliphatic rings. The summed E-state index contributed by atoms with van der Waals surface area (Å²) in [7, 11) is -6.14. The van der Waals surface area contributed by atoms with Crippen LogP contribution in [0.5, 0.6) is 0 Å². The van der Waals surface area contributed by atoms with Gasteiger partial charge < -0.3 is 9.53 Å². The fourth-order valence-electron chi connectivity index (χ4n) is 3.24. The fourth-order valence-corrected chi connectivity index (χ4v) is 6.32. The maximum atomic E-state index is 14.6. The van der Waals surface area contributed by atoms with E-state index in [-0.39, 0.29) is 16.4 Å². The van der Waals surface area contributed by atoms with Crippen LogP contribution in [0.4, 0.5) is 8.78 Å².